The third-order valence-corrected chi connectivity index (χ3v) is 5.52. The van der Waals surface area contributed by atoms with Crippen LogP contribution < -0.4 is 11.0 Å². The number of para-hydroxylation sites is 2. The average Bonchev–Trinajstić information content (AvgIpc) is 3.15. The van der Waals surface area contributed by atoms with Crippen LogP contribution in [0.4, 0.5) is 5.69 Å². The van der Waals surface area contributed by atoms with Gasteiger partial charge in [-0.2, -0.15) is 0 Å². The van der Waals surface area contributed by atoms with Crippen molar-refractivity contribution in [3.63, 3.8) is 0 Å². The molecule has 0 spiro atoms. The van der Waals surface area contributed by atoms with E-state index in [4.69, 9.17) is 0 Å². The third-order valence-electron chi connectivity index (χ3n) is 4.58. The van der Waals surface area contributed by atoms with E-state index in [1.54, 1.807) is 20.5 Å². The molecule has 0 unspecified atom stereocenters. The van der Waals surface area contributed by atoms with Gasteiger partial charge in [0.1, 0.15) is 0 Å². The summed E-state index contributed by atoms with van der Waals surface area (Å²) in [4.78, 5) is 29.5. The van der Waals surface area contributed by atoms with E-state index in [9.17, 15) is 9.59 Å². The van der Waals surface area contributed by atoms with Gasteiger partial charge in [0, 0.05) is 25.2 Å². The number of rotatable bonds is 5. The maximum atomic E-state index is 12.6. The molecule has 6 nitrogen and oxygen atoms in total. The Morgan fingerprint density at radius 1 is 1.15 bits per heavy atom. The predicted octanol–water partition coefficient (Wildman–Crippen LogP) is 3.77. The number of anilines is 1. The number of thiazole rings is 1. The molecule has 0 fully saturated rings. The molecular weight excluding hydrogens is 360 g/mol. The van der Waals surface area contributed by atoms with Gasteiger partial charge in [0.05, 0.1) is 26.3 Å². The van der Waals surface area contributed by atoms with Crippen LogP contribution in [0.25, 0.3) is 21.3 Å². The number of hydrogen-bond acceptors (Lipinski definition) is 4. The Labute approximate surface area is 160 Å². The summed E-state index contributed by atoms with van der Waals surface area (Å²) in [6, 6.07) is 13.4. The molecule has 4 rings (SSSR count). The second-order valence-corrected chi connectivity index (χ2v) is 7.62. The minimum absolute atomic E-state index is 0.0759. The smallest absolute Gasteiger partial charge is 0.326 e. The lowest BCUT2D eigenvalue weighted by Gasteiger charge is -2.06. The lowest BCUT2D eigenvalue weighted by atomic mass is 10.2. The molecule has 138 valence electrons. The molecule has 2 heterocycles. The molecule has 0 aliphatic rings. The molecule has 1 amide bonds. The van der Waals surface area contributed by atoms with Crippen molar-refractivity contribution in [1.29, 1.82) is 0 Å². The van der Waals surface area contributed by atoms with Crippen LogP contribution in [0.1, 0.15) is 18.4 Å². The van der Waals surface area contributed by atoms with Crippen molar-refractivity contribution in [2.45, 2.75) is 33.4 Å². The van der Waals surface area contributed by atoms with Crippen LogP contribution in [0.15, 0.2) is 47.3 Å². The van der Waals surface area contributed by atoms with E-state index in [1.165, 1.54) is 0 Å². The van der Waals surface area contributed by atoms with Gasteiger partial charge in [-0.3, -0.25) is 13.9 Å². The number of fused-ring (bicyclic) bond motifs is 2. The minimum atomic E-state index is -0.115. The molecule has 1 N–H and O–H groups in total. The molecule has 0 aliphatic heterocycles. The van der Waals surface area contributed by atoms with Crippen molar-refractivity contribution in [1.82, 2.24) is 14.1 Å². The maximum absolute atomic E-state index is 12.6. The zero-order chi connectivity index (χ0) is 19.0. The first-order chi connectivity index (χ1) is 13.1. The Morgan fingerprint density at radius 3 is 2.63 bits per heavy atom. The van der Waals surface area contributed by atoms with E-state index in [0.29, 0.717) is 13.1 Å². The Bertz CT molecular complexity index is 1200. The second kappa shape index (κ2) is 7.00. The van der Waals surface area contributed by atoms with Crippen molar-refractivity contribution >= 4 is 44.2 Å². The summed E-state index contributed by atoms with van der Waals surface area (Å²) in [5.74, 6) is -0.115. The van der Waals surface area contributed by atoms with Crippen molar-refractivity contribution < 1.29 is 4.79 Å². The molecular formula is C20H20N4O2S. The van der Waals surface area contributed by atoms with E-state index < -0.39 is 0 Å². The number of carbonyl (C=O) groups is 1. The van der Waals surface area contributed by atoms with E-state index in [1.807, 2.05) is 56.3 Å². The average molecular weight is 380 g/mol. The minimum Gasteiger partial charge on any atom is -0.326 e. The van der Waals surface area contributed by atoms with Crippen molar-refractivity contribution in [3.8, 4) is 0 Å². The van der Waals surface area contributed by atoms with E-state index >= 15 is 0 Å². The fourth-order valence-corrected chi connectivity index (χ4v) is 4.21. The van der Waals surface area contributed by atoms with Crippen LogP contribution in [0.5, 0.6) is 0 Å². The molecule has 0 radical (unpaired) electrons. The number of carbonyl (C=O) groups excluding carboxylic acids is 1. The standard InChI is InChI=1S/C20H20N4O2S/c1-3-23-16-6-4-5-7-17(16)24(20(23)26)11-10-19(25)22-14-8-9-15-18(12-14)27-13(2)21-15/h4-9,12H,3,10-11H2,1-2H3,(H,22,25). The molecule has 2 aromatic heterocycles. The number of hydrogen-bond donors (Lipinski definition) is 1. The molecule has 0 saturated carbocycles. The van der Waals surface area contributed by atoms with Crippen LogP contribution in [0, 0.1) is 6.92 Å². The summed E-state index contributed by atoms with van der Waals surface area (Å²) in [6.07, 6.45) is 0.234. The number of imidazole rings is 1. The Morgan fingerprint density at radius 2 is 1.89 bits per heavy atom. The SMILES string of the molecule is CCn1c(=O)n(CCC(=O)Nc2ccc3nc(C)sc3c2)c2ccccc21. The monoisotopic (exact) mass is 380 g/mol. The molecule has 2 aromatic carbocycles. The number of benzene rings is 2. The van der Waals surface area contributed by atoms with Crippen LogP contribution in [0.2, 0.25) is 0 Å². The molecule has 0 saturated heterocycles. The topological polar surface area (TPSA) is 68.9 Å². The lowest BCUT2D eigenvalue weighted by Crippen LogP contribution is -2.25. The number of nitrogens with one attached hydrogen (secondary N) is 1. The van der Waals surface area contributed by atoms with Gasteiger partial charge in [0.25, 0.3) is 0 Å². The van der Waals surface area contributed by atoms with Gasteiger partial charge in [-0.25, -0.2) is 9.78 Å². The summed E-state index contributed by atoms with van der Waals surface area (Å²) in [7, 11) is 0. The maximum Gasteiger partial charge on any atom is 0.329 e. The summed E-state index contributed by atoms with van der Waals surface area (Å²) < 4.78 is 4.45. The molecule has 0 aliphatic carbocycles. The van der Waals surface area contributed by atoms with E-state index in [2.05, 4.69) is 10.3 Å². The summed E-state index contributed by atoms with van der Waals surface area (Å²) in [5.41, 5.74) is 3.37. The first kappa shape index (κ1) is 17.5. The Hall–Kier alpha value is -2.93. The van der Waals surface area contributed by atoms with Crippen LogP contribution in [-0.4, -0.2) is 20.0 Å². The van der Waals surface area contributed by atoms with Gasteiger partial charge in [-0.15, -0.1) is 11.3 Å². The normalized spacial score (nSPS) is 11.3. The summed E-state index contributed by atoms with van der Waals surface area (Å²) >= 11 is 1.60. The van der Waals surface area contributed by atoms with Gasteiger partial charge in [-0.05, 0) is 44.2 Å². The molecule has 4 aromatic rings. The second-order valence-electron chi connectivity index (χ2n) is 6.38. The first-order valence-electron chi connectivity index (χ1n) is 8.92. The summed E-state index contributed by atoms with van der Waals surface area (Å²) in [6.45, 7) is 4.86. The molecule has 7 heteroatoms. The third kappa shape index (κ3) is 3.26. The van der Waals surface area contributed by atoms with Crippen LogP contribution in [-0.2, 0) is 17.9 Å². The van der Waals surface area contributed by atoms with Crippen molar-refractivity contribution in [2.75, 3.05) is 5.32 Å². The van der Waals surface area contributed by atoms with E-state index in [0.717, 1.165) is 31.9 Å². The van der Waals surface area contributed by atoms with Gasteiger partial charge >= 0.3 is 5.69 Å². The van der Waals surface area contributed by atoms with Crippen LogP contribution in [0.3, 0.4) is 0 Å². The van der Waals surface area contributed by atoms with Gasteiger partial charge in [0.15, 0.2) is 0 Å². The highest BCUT2D eigenvalue weighted by Crippen LogP contribution is 2.24. The number of aromatic nitrogens is 3. The first-order valence-corrected chi connectivity index (χ1v) is 9.73. The fourth-order valence-electron chi connectivity index (χ4n) is 3.35. The van der Waals surface area contributed by atoms with Gasteiger partial charge < -0.3 is 5.32 Å². The van der Waals surface area contributed by atoms with Crippen LogP contribution >= 0.6 is 11.3 Å². The highest BCUT2D eigenvalue weighted by Gasteiger charge is 2.13. The molecule has 0 atom stereocenters. The van der Waals surface area contributed by atoms with Crippen molar-refractivity contribution in [3.05, 3.63) is 58.0 Å². The highest BCUT2D eigenvalue weighted by molar-refractivity contribution is 7.18. The zero-order valence-electron chi connectivity index (χ0n) is 15.2. The number of nitrogens with zero attached hydrogens (tertiary/aromatic N) is 3. The van der Waals surface area contributed by atoms with Crippen molar-refractivity contribution in [2.24, 2.45) is 0 Å². The van der Waals surface area contributed by atoms with Gasteiger partial charge in [0.2, 0.25) is 5.91 Å². The largest absolute Gasteiger partial charge is 0.329 e. The highest BCUT2D eigenvalue weighted by atomic mass is 32.1. The molecule has 27 heavy (non-hydrogen) atoms. The zero-order valence-corrected chi connectivity index (χ0v) is 16.0. The molecule has 0 bridgehead atoms. The lowest BCUT2D eigenvalue weighted by molar-refractivity contribution is -0.116. The quantitative estimate of drug-likeness (QED) is 0.573. The Balaban J connectivity index is 1.51. The van der Waals surface area contributed by atoms with Gasteiger partial charge in [-0.1, -0.05) is 12.1 Å². The number of amides is 1. The van der Waals surface area contributed by atoms with E-state index in [-0.39, 0.29) is 18.0 Å². The Kier molecular flexibility index (Phi) is 4.53. The fraction of sp³-hybridized carbons (Fsp3) is 0.250. The predicted molar refractivity (Wildman–Crippen MR) is 109 cm³/mol. The summed E-state index contributed by atoms with van der Waals surface area (Å²) in [5, 5.41) is 3.92. The number of aryl methyl sites for hydroxylation is 3.